The molecule has 1 atom stereocenters. The van der Waals surface area contributed by atoms with Gasteiger partial charge in [-0.05, 0) is 49.8 Å². The van der Waals surface area contributed by atoms with Crippen LogP contribution in [-0.4, -0.2) is 25.3 Å². The van der Waals surface area contributed by atoms with Crippen LogP contribution in [0.25, 0.3) is 0 Å². The van der Waals surface area contributed by atoms with E-state index in [9.17, 15) is 4.79 Å². The number of hydrogen-bond acceptors (Lipinski definition) is 5. The molecule has 0 radical (unpaired) electrons. The molecular formula is C17H20N2O3S2. The molecule has 2 N–H and O–H groups in total. The summed E-state index contributed by atoms with van der Waals surface area (Å²) in [5.41, 5.74) is 1.57. The molecule has 0 amide bonds. The third-order valence-electron chi connectivity index (χ3n) is 3.45. The zero-order valence-corrected chi connectivity index (χ0v) is 15.6. The minimum atomic E-state index is -0.382. The van der Waals surface area contributed by atoms with E-state index in [4.69, 9.17) is 21.7 Å². The van der Waals surface area contributed by atoms with E-state index in [1.54, 1.807) is 13.2 Å². The Balaban J connectivity index is 2.03. The summed E-state index contributed by atoms with van der Waals surface area (Å²) in [5.74, 6) is 0.427. The summed E-state index contributed by atoms with van der Waals surface area (Å²) in [6.07, 6.45) is 0. The first-order valence-corrected chi connectivity index (χ1v) is 8.57. The van der Waals surface area contributed by atoms with Crippen LogP contribution >= 0.6 is 23.6 Å². The fourth-order valence-electron chi connectivity index (χ4n) is 2.18. The molecule has 0 aliphatic rings. The lowest BCUT2D eigenvalue weighted by Gasteiger charge is -2.17. The highest BCUT2D eigenvalue weighted by molar-refractivity contribution is 7.80. The Kier molecular flexibility index (Phi) is 6.16. The van der Waals surface area contributed by atoms with Crippen LogP contribution in [0.5, 0.6) is 5.75 Å². The number of benzene rings is 1. The zero-order chi connectivity index (χ0) is 17.7. The summed E-state index contributed by atoms with van der Waals surface area (Å²) in [7, 11) is 3.00. The number of methoxy groups -OCH3 is 2. The zero-order valence-electron chi connectivity index (χ0n) is 14.0. The molecule has 128 valence electrons. The molecule has 0 saturated heterocycles. The van der Waals surface area contributed by atoms with Gasteiger partial charge in [0.25, 0.3) is 0 Å². The van der Waals surface area contributed by atoms with Crippen LogP contribution in [-0.2, 0) is 4.74 Å². The lowest BCUT2D eigenvalue weighted by atomic mass is 10.1. The van der Waals surface area contributed by atoms with Crippen molar-refractivity contribution in [1.29, 1.82) is 0 Å². The predicted molar refractivity (Wildman–Crippen MR) is 101 cm³/mol. The quantitative estimate of drug-likeness (QED) is 0.620. The first kappa shape index (κ1) is 18.2. The number of thiophene rings is 1. The van der Waals surface area contributed by atoms with Crippen LogP contribution in [0.2, 0.25) is 0 Å². The number of anilines is 1. The average molecular weight is 364 g/mol. The van der Waals surface area contributed by atoms with Gasteiger partial charge < -0.3 is 20.1 Å². The van der Waals surface area contributed by atoms with Crippen molar-refractivity contribution in [3.8, 4) is 5.75 Å². The van der Waals surface area contributed by atoms with E-state index in [0.29, 0.717) is 15.7 Å². The number of esters is 1. The van der Waals surface area contributed by atoms with Gasteiger partial charge in [0.1, 0.15) is 10.8 Å². The van der Waals surface area contributed by atoms with E-state index in [-0.39, 0.29) is 12.0 Å². The summed E-state index contributed by atoms with van der Waals surface area (Å²) in [6, 6.07) is 9.57. The smallest absolute Gasteiger partial charge is 0.340 e. The SMILES string of the molecule is COC(=O)c1cc(C)sc1NC(=S)NC(C)c1ccc(OC)cc1. The van der Waals surface area contributed by atoms with Gasteiger partial charge in [-0.3, -0.25) is 0 Å². The van der Waals surface area contributed by atoms with Gasteiger partial charge in [-0.2, -0.15) is 0 Å². The highest BCUT2D eigenvalue weighted by Crippen LogP contribution is 2.28. The standard InChI is InChI=1S/C17H20N2O3S2/c1-10-9-14(16(20)22-4)15(24-10)19-17(23)18-11(2)12-5-7-13(21-3)8-6-12/h5-9,11H,1-4H3,(H2,18,19,23). The van der Waals surface area contributed by atoms with Crippen LogP contribution in [0.15, 0.2) is 30.3 Å². The average Bonchev–Trinajstić information content (AvgIpc) is 2.94. The molecular weight excluding hydrogens is 344 g/mol. The van der Waals surface area contributed by atoms with Gasteiger partial charge in [-0.1, -0.05) is 12.1 Å². The van der Waals surface area contributed by atoms with E-state index in [0.717, 1.165) is 16.2 Å². The number of nitrogens with one attached hydrogen (secondary N) is 2. The second-order valence-corrected chi connectivity index (χ2v) is 6.85. The van der Waals surface area contributed by atoms with Crippen molar-refractivity contribution >= 4 is 39.6 Å². The number of hydrogen-bond donors (Lipinski definition) is 2. The lowest BCUT2D eigenvalue weighted by molar-refractivity contribution is 0.0602. The molecule has 2 aromatic rings. The van der Waals surface area contributed by atoms with E-state index in [1.807, 2.05) is 38.1 Å². The Morgan fingerprint density at radius 3 is 2.50 bits per heavy atom. The molecule has 0 saturated carbocycles. The van der Waals surface area contributed by atoms with Crippen LogP contribution in [0.3, 0.4) is 0 Å². The van der Waals surface area contributed by atoms with Gasteiger partial charge in [-0.15, -0.1) is 11.3 Å². The highest BCUT2D eigenvalue weighted by Gasteiger charge is 2.17. The van der Waals surface area contributed by atoms with Crippen molar-refractivity contribution in [3.05, 3.63) is 46.3 Å². The first-order chi connectivity index (χ1) is 11.4. The Bertz CT molecular complexity index is 726. The second-order valence-electron chi connectivity index (χ2n) is 5.18. The molecule has 5 nitrogen and oxygen atoms in total. The summed E-state index contributed by atoms with van der Waals surface area (Å²) >= 11 is 6.82. The Labute approximate surface area is 151 Å². The Hall–Kier alpha value is -2.12. The highest BCUT2D eigenvalue weighted by atomic mass is 32.1. The second kappa shape index (κ2) is 8.12. The largest absolute Gasteiger partial charge is 0.497 e. The van der Waals surface area contributed by atoms with Crippen molar-refractivity contribution in [1.82, 2.24) is 5.32 Å². The number of ether oxygens (including phenoxy) is 2. The molecule has 1 aromatic heterocycles. The van der Waals surface area contributed by atoms with Gasteiger partial charge >= 0.3 is 5.97 Å². The van der Waals surface area contributed by atoms with Crippen molar-refractivity contribution in [3.63, 3.8) is 0 Å². The molecule has 2 rings (SSSR count). The summed E-state index contributed by atoms with van der Waals surface area (Å²) in [4.78, 5) is 12.8. The van der Waals surface area contributed by atoms with Crippen LogP contribution < -0.4 is 15.4 Å². The van der Waals surface area contributed by atoms with Crippen molar-refractivity contribution < 1.29 is 14.3 Å². The summed E-state index contributed by atoms with van der Waals surface area (Å²) < 4.78 is 9.95. The van der Waals surface area contributed by atoms with Gasteiger partial charge in [0.2, 0.25) is 0 Å². The first-order valence-electron chi connectivity index (χ1n) is 7.34. The maximum absolute atomic E-state index is 11.8. The number of rotatable bonds is 5. The monoisotopic (exact) mass is 364 g/mol. The van der Waals surface area contributed by atoms with Crippen molar-refractivity contribution in [2.45, 2.75) is 19.9 Å². The third kappa shape index (κ3) is 4.46. The fraction of sp³-hybridized carbons (Fsp3) is 0.294. The number of aryl methyl sites for hydroxylation is 1. The molecule has 1 aromatic carbocycles. The Morgan fingerprint density at radius 1 is 1.25 bits per heavy atom. The van der Waals surface area contributed by atoms with Crippen LogP contribution in [0, 0.1) is 6.92 Å². The predicted octanol–water partition coefficient (Wildman–Crippen LogP) is 3.90. The molecule has 1 unspecified atom stereocenters. The molecule has 24 heavy (non-hydrogen) atoms. The topological polar surface area (TPSA) is 59.6 Å². The molecule has 1 heterocycles. The third-order valence-corrected chi connectivity index (χ3v) is 4.64. The number of carbonyl (C=O) groups is 1. The van der Waals surface area contributed by atoms with E-state index in [1.165, 1.54) is 18.4 Å². The van der Waals surface area contributed by atoms with Crippen molar-refractivity contribution in [2.75, 3.05) is 19.5 Å². The van der Waals surface area contributed by atoms with Gasteiger partial charge in [0.05, 0.1) is 25.8 Å². The van der Waals surface area contributed by atoms with Gasteiger partial charge in [0, 0.05) is 4.88 Å². The van der Waals surface area contributed by atoms with E-state index >= 15 is 0 Å². The maximum Gasteiger partial charge on any atom is 0.340 e. The van der Waals surface area contributed by atoms with Crippen molar-refractivity contribution in [2.24, 2.45) is 0 Å². The van der Waals surface area contributed by atoms with E-state index in [2.05, 4.69) is 10.6 Å². The molecule has 0 aliphatic heterocycles. The number of carbonyl (C=O) groups excluding carboxylic acids is 1. The summed E-state index contributed by atoms with van der Waals surface area (Å²) in [5, 5.41) is 7.42. The van der Waals surface area contributed by atoms with Gasteiger partial charge in [0.15, 0.2) is 5.11 Å². The normalized spacial score (nSPS) is 11.5. The fourth-order valence-corrected chi connectivity index (χ4v) is 3.43. The Morgan fingerprint density at radius 2 is 1.92 bits per heavy atom. The molecule has 0 spiro atoms. The minimum Gasteiger partial charge on any atom is -0.497 e. The van der Waals surface area contributed by atoms with Crippen LogP contribution in [0.4, 0.5) is 5.00 Å². The summed E-state index contributed by atoms with van der Waals surface area (Å²) in [6.45, 7) is 3.94. The van der Waals surface area contributed by atoms with Crippen LogP contribution in [0.1, 0.15) is 33.8 Å². The van der Waals surface area contributed by atoms with E-state index < -0.39 is 0 Å². The molecule has 0 bridgehead atoms. The molecule has 0 aliphatic carbocycles. The molecule has 7 heteroatoms. The number of thiocarbonyl (C=S) groups is 1. The van der Waals surface area contributed by atoms with Gasteiger partial charge in [-0.25, -0.2) is 4.79 Å². The molecule has 0 fully saturated rings. The lowest BCUT2D eigenvalue weighted by Crippen LogP contribution is -2.31. The minimum absolute atomic E-state index is 0.0125. The maximum atomic E-state index is 11.8.